The zero-order valence-electron chi connectivity index (χ0n) is 10.6. The molecule has 1 fully saturated rings. The van der Waals surface area contributed by atoms with E-state index in [1.54, 1.807) is 0 Å². The Balaban J connectivity index is 2.18. The molecule has 2 rings (SSSR count). The van der Waals surface area contributed by atoms with E-state index in [1.165, 1.54) is 41.2 Å². The molecule has 1 unspecified atom stereocenters. The average Bonchev–Trinajstić information content (AvgIpc) is 2.38. The molecule has 0 aromatic heterocycles. The SMILES string of the molecule is CCNC(c1ccccc1I)C1CCCCC1. The van der Waals surface area contributed by atoms with Crippen molar-refractivity contribution in [2.75, 3.05) is 6.54 Å². The minimum atomic E-state index is 0.563. The Morgan fingerprint density at radius 3 is 2.59 bits per heavy atom. The molecule has 0 aliphatic heterocycles. The lowest BCUT2D eigenvalue weighted by Gasteiger charge is -2.31. The minimum Gasteiger partial charge on any atom is -0.310 e. The highest BCUT2D eigenvalue weighted by atomic mass is 127. The second-order valence-corrected chi connectivity index (χ2v) is 6.12. The summed E-state index contributed by atoms with van der Waals surface area (Å²) in [4.78, 5) is 0. The molecule has 1 N–H and O–H groups in total. The maximum atomic E-state index is 3.70. The second kappa shape index (κ2) is 6.74. The minimum absolute atomic E-state index is 0.563. The van der Waals surface area contributed by atoms with E-state index in [1.807, 2.05) is 0 Å². The van der Waals surface area contributed by atoms with Crippen molar-refractivity contribution in [2.24, 2.45) is 5.92 Å². The van der Waals surface area contributed by atoms with Gasteiger partial charge in [0.15, 0.2) is 0 Å². The molecule has 0 saturated heterocycles. The standard InChI is InChI=1S/C15H22IN/c1-2-17-15(12-8-4-3-5-9-12)13-10-6-7-11-14(13)16/h6-7,10-12,15,17H,2-5,8-9H2,1H3. The van der Waals surface area contributed by atoms with E-state index < -0.39 is 0 Å². The topological polar surface area (TPSA) is 12.0 Å². The highest BCUT2D eigenvalue weighted by molar-refractivity contribution is 14.1. The van der Waals surface area contributed by atoms with Gasteiger partial charge in [0.1, 0.15) is 0 Å². The molecule has 1 aliphatic rings. The third kappa shape index (κ3) is 3.44. The first-order valence-corrected chi connectivity index (χ1v) is 7.88. The fourth-order valence-electron chi connectivity index (χ4n) is 2.95. The molecular weight excluding hydrogens is 321 g/mol. The van der Waals surface area contributed by atoms with Gasteiger partial charge in [-0.25, -0.2) is 0 Å². The third-order valence-electron chi connectivity index (χ3n) is 3.79. The van der Waals surface area contributed by atoms with Crippen LogP contribution in [0.4, 0.5) is 0 Å². The maximum absolute atomic E-state index is 3.70. The first-order chi connectivity index (χ1) is 8.33. The Hall–Kier alpha value is -0.0900. The fourth-order valence-corrected chi connectivity index (χ4v) is 3.67. The molecule has 1 nitrogen and oxygen atoms in total. The van der Waals surface area contributed by atoms with Gasteiger partial charge in [-0.15, -0.1) is 0 Å². The monoisotopic (exact) mass is 343 g/mol. The Labute approximate surface area is 119 Å². The molecule has 1 atom stereocenters. The van der Waals surface area contributed by atoms with Crippen LogP contribution in [0, 0.1) is 9.49 Å². The zero-order valence-corrected chi connectivity index (χ0v) is 12.7. The number of benzene rings is 1. The average molecular weight is 343 g/mol. The summed E-state index contributed by atoms with van der Waals surface area (Å²) in [5.41, 5.74) is 1.50. The number of nitrogens with one attached hydrogen (secondary N) is 1. The van der Waals surface area contributed by atoms with E-state index in [0.29, 0.717) is 6.04 Å². The molecule has 0 amide bonds. The van der Waals surface area contributed by atoms with Crippen molar-refractivity contribution >= 4 is 22.6 Å². The van der Waals surface area contributed by atoms with Crippen LogP contribution in [-0.2, 0) is 0 Å². The maximum Gasteiger partial charge on any atom is 0.0359 e. The van der Waals surface area contributed by atoms with Gasteiger partial charge in [-0.05, 0) is 59.5 Å². The fraction of sp³-hybridized carbons (Fsp3) is 0.600. The Kier molecular flexibility index (Phi) is 5.29. The van der Waals surface area contributed by atoms with Crippen LogP contribution in [0.25, 0.3) is 0 Å². The number of hydrogen-bond acceptors (Lipinski definition) is 1. The largest absolute Gasteiger partial charge is 0.310 e. The van der Waals surface area contributed by atoms with E-state index in [9.17, 15) is 0 Å². The van der Waals surface area contributed by atoms with Gasteiger partial charge in [-0.2, -0.15) is 0 Å². The summed E-state index contributed by atoms with van der Waals surface area (Å²) in [6, 6.07) is 9.39. The van der Waals surface area contributed by atoms with Crippen LogP contribution in [0.2, 0.25) is 0 Å². The van der Waals surface area contributed by atoms with Crippen LogP contribution in [0.1, 0.15) is 50.6 Å². The van der Waals surface area contributed by atoms with E-state index >= 15 is 0 Å². The Morgan fingerprint density at radius 1 is 1.24 bits per heavy atom. The van der Waals surface area contributed by atoms with Crippen molar-refractivity contribution in [1.82, 2.24) is 5.32 Å². The third-order valence-corrected chi connectivity index (χ3v) is 4.77. The summed E-state index contributed by atoms with van der Waals surface area (Å²) in [5, 5.41) is 3.70. The van der Waals surface area contributed by atoms with Crippen molar-refractivity contribution in [3.05, 3.63) is 33.4 Å². The predicted octanol–water partition coefficient (Wildman–Crippen LogP) is 4.52. The molecule has 0 radical (unpaired) electrons. The molecule has 1 aliphatic carbocycles. The van der Waals surface area contributed by atoms with Crippen molar-refractivity contribution in [2.45, 2.75) is 45.1 Å². The van der Waals surface area contributed by atoms with Gasteiger partial charge in [-0.3, -0.25) is 0 Å². The van der Waals surface area contributed by atoms with E-state index in [0.717, 1.165) is 12.5 Å². The molecule has 94 valence electrons. The van der Waals surface area contributed by atoms with Gasteiger partial charge in [0.2, 0.25) is 0 Å². The van der Waals surface area contributed by atoms with Gasteiger partial charge >= 0.3 is 0 Å². The van der Waals surface area contributed by atoms with Crippen molar-refractivity contribution in [3.63, 3.8) is 0 Å². The summed E-state index contributed by atoms with van der Waals surface area (Å²) in [6.45, 7) is 3.28. The summed E-state index contributed by atoms with van der Waals surface area (Å²) in [6.07, 6.45) is 7.04. The lowest BCUT2D eigenvalue weighted by atomic mass is 9.81. The molecule has 17 heavy (non-hydrogen) atoms. The van der Waals surface area contributed by atoms with Crippen molar-refractivity contribution < 1.29 is 0 Å². The van der Waals surface area contributed by atoms with Crippen LogP contribution >= 0.6 is 22.6 Å². The molecule has 1 aromatic carbocycles. The van der Waals surface area contributed by atoms with Gasteiger partial charge < -0.3 is 5.32 Å². The number of rotatable bonds is 4. The molecule has 0 bridgehead atoms. The Morgan fingerprint density at radius 2 is 1.94 bits per heavy atom. The number of hydrogen-bond donors (Lipinski definition) is 1. The zero-order chi connectivity index (χ0) is 12.1. The highest BCUT2D eigenvalue weighted by Gasteiger charge is 2.25. The van der Waals surface area contributed by atoms with Crippen LogP contribution in [0.3, 0.4) is 0 Å². The summed E-state index contributed by atoms with van der Waals surface area (Å²) < 4.78 is 1.40. The van der Waals surface area contributed by atoms with Crippen LogP contribution in [-0.4, -0.2) is 6.54 Å². The lowest BCUT2D eigenvalue weighted by molar-refractivity contribution is 0.274. The van der Waals surface area contributed by atoms with Crippen LogP contribution in [0.15, 0.2) is 24.3 Å². The van der Waals surface area contributed by atoms with E-state index in [4.69, 9.17) is 0 Å². The van der Waals surface area contributed by atoms with Gasteiger partial charge in [0.05, 0.1) is 0 Å². The quantitative estimate of drug-likeness (QED) is 0.793. The molecule has 1 aromatic rings. The highest BCUT2D eigenvalue weighted by Crippen LogP contribution is 2.35. The molecule has 1 saturated carbocycles. The summed E-state index contributed by atoms with van der Waals surface area (Å²) in [5.74, 6) is 0.833. The first kappa shape index (κ1) is 13.3. The van der Waals surface area contributed by atoms with Gasteiger partial charge in [0.25, 0.3) is 0 Å². The lowest BCUT2D eigenvalue weighted by Crippen LogP contribution is -2.30. The van der Waals surface area contributed by atoms with Crippen molar-refractivity contribution in [1.29, 1.82) is 0 Å². The van der Waals surface area contributed by atoms with Crippen molar-refractivity contribution in [3.8, 4) is 0 Å². The molecule has 2 heteroatoms. The predicted molar refractivity (Wildman–Crippen MR) is 82.2 cm³/mol. The normalized spacial score (nSPS) is 19.2. The van der Waals surface area contributed by atoms with E-state index in [2.05, 4.69) is 59.1 Å². The molecular formula is C15H22IN. The van der Waals surface area contributed by atoms with Crippen LogP contribution in [0.5, 0.6) is 0 Å². The van der Waals surface area contributed by atoms with Gasteiger partial charge in [0, 0.05) is 9.61 Å². The smallest absolute Gasteiger partial charge is 0.0359 e. The molecule has 0 spiro atoms. The Bertz CT molecular complexity index is 345. The summed E-state index contributed by atoms with van der Waals surface area (Å²) in [7, 11) is 0. The number of halogens is 1. The summed E-state index contributed by atoms with van der Waals surface area (Å²) >= 11 is 2.47. The second-order valence-electron chi connectivity index (χ2n) is 4.95. The molecule has 0 heterocycles. The van der Waals surface area contributed by atoms with E-state index in [-0.39, 0.29) is 0 Å². The van der Waals surface area contributed by atoms with Crippen LogP contribution < -0.4 is 5.32 Å². The van der Waals surface area contributed by atoms with Gasteiger partial charge in [-0.1, -0.05) is 44.4 Å². The first-order valence-electron chi connectivity index (χ1n) is 6.80.